The van der Waals surface area contributed by atoms with Gasteiger partial charge in [0.25, 0.3) is 0 Å². The fraction of sp³-hybridized carbons (Fsp3) is 0.125. The predicted molar refractivity (Wildman–Crippen MR) is 76.4 cm³/mol. The number of Topliss-reactive ketones (excluding diaryl/α,β-unsaturated/α-hetero) is 1. The summed E-state index contributed by atoms with van der Waals surface area (Å²) in [5.74, 6) is -0.291. The molecule has 1 aromatic heterocycles. The smallest absolute Gasteiger partial charge is 0.344 e. The monoisotopic (exact) mass is 268 g/mol. The first-order valence-electron chi connectivity index (χ1n) is 6.19. The number of hydrogen-bond donors (Lipinski definition) is 1. The zero-order valence-corrected chi connectivity index (χ0v) is 11.1. The lowest BCUT2D eigenvalue weighted by Gasteiger charge is -2.08. The van der Waals surface area contributed by atoms with Gasteiger partial charge in [-0.25, -0.2) is 4.79 Å². The van der Waals surface area contributed by atoms with Gasteiger partial charge in [-0.1, -0.05) is 18.2 Å². The van der Waals surface area contributed by atoms with E-state index < -0.39 is 5.63 Å². The molecule has 0 atom stereocenters. The minimum Gasteiger partial charge on any atom is -0.508 e. The molecule has 0 aliphatic rings. The molecule has 1 heterocycles. The van der Waals surface area contributed by atoms with Crippen LogP contribution in [0.2, 0.25) is 0 Å². The summed E-state index contributed by atoms with van der Waals surface area (Å²) < 4.78 is 5.26. The summed E-state index contributed by atoms with van der Waals surface area (Å²) in [6.07, 6.45) is 0. The van der Waals surface area contributed by atoms with Crippen molar-refractivity contribution in [2.75, 3.05) is 0 Å². The van der Waals surface area contributed by atoms with Crippen molar-refractivity contribution in [3.8, 4) is 5.75 Å². The molecule has 4 heteroatoms. The third kappa shape index (κ3) is 1.69. The molecule has 0 unspecified atom stereocenters. The number of phenolic OH excluding ortho intramolecular Hbond substituents is 1. The maximum atomic E-state index is 12.1. The van der Waals surface area contributed by atoms with Gasteiger partial charge in [0.1, 0.15) is 11.3 Å². The zero-order chi connectivity index (χ0) is 14.4. The third-order valence-corrected chi connectivity index (χ3v) is 3.42. The molecule has 0 aliphatic heterocycles. The van der Waals surface area contributed by atoms with E-state index in [2.05, 4.69) is 0 Å². The van der Waals surface area contributed by atoms with Gasteiger partial charge >= 0.3 is 5.63 Å². The molecular formula is C16H12O4. The number of rotatable bonds is 1. The summed E-state index contributed by atoms with van der Waals surface area (Å²) >= 11 is 0. The van der Waals surface area contributed by atoms with E-state index in [0.717, 1.165) is 5.56 Å². The molecule has 100 valence electrons. The van der Waals surface area contributed by atoms with E-state index in [9.17, 15) is 14.7 Å². The van der Waals surface area contributed by atoms with Crippen molar-refractivity contribution >= 4 is 27.5 Å². The second kappa shape index (κ2) is 4.20. The van der Waals surface area contributed by atoms with E-state index in [4.69, 9.17) is 4.42 Å². The molecule has 0 saturated heterocycles. The molecule has 0 fully saturated rings. The number of fused-ring (bicyclic) bond motifs is 3. The number of phenols is 1. The molecule has 0 bridgehead atoms. The van der Waals surface area contributed by atoms with Crippen LogP contribution in [-0.2, 0) is 0 Å². The van der Waals surface area contributed by atoms with Crippen LogP contribution < -0.4 is 5.63 Å². The molecule has 2 aromatic carbocycles. The zero-order valence-electron chi connectivity index (χ0n) is 11.1. The first-order chi connectivity index (χ1) is 9.49. The Morgan fingerprint density at radius 2 is 1.95 bits per heavy atom. The molecule has 0 amide bonds. The average Bonchev–Trinajstić information content (AvgIpc) is 2.37. The van der Waals surface area contributed by atoms with Crippen molar-refractivity contribution in [1.82, 2.24) is 0 Å². The standard InChI is InChI=1S/C16H12O4/c1-8-4-3-5-11-14(8)16(19)20-13-7-10(18)6-12(9(2)17)15(11)13/h3-7,18H,1-2H3. The summed E-state index contributed by atoms with van der Waals surface area (Å²) in [4.78, 5) is 23.9. The van der Waals surface area contributed by atoms with Gasteiger partial charge in [-0.05, 0) is 25.5 Å². The quantitative estimate of drug-likeness (QED) is 0.418. The minimum absolute atomic E-state index is 0.0992. The molecule has 4 nitrogen and oxygen atoms in total. The first kappa shape index (κ1) is 12.4. The van der Waals surface area contributed by atoms with Gasteiger partial charge in [0, 0.05) is 22.4 Å². The van der Waals surface area contributed by atoms with Gasteiger partial charge in [-0.2, -0.15) is 0 Å². The lowest BCUT2D eigenvalue weighted by atomic mass is 9.98. The predicted octanol–water partition coefficient (Wildman–Crippen LogP) is 3.16. The minimum atomic E-state index is -0.467. The van der Waals surface area contributed by atoms with Crippen molar-refractivity contribution in [1.29, 1.82) is 0 Å². The lowest BCUT2D eigenvalue weighted by molar-refractivity contribution is 0.101. The summed E-state index contributed by atoms with van der Waals surface area (Å²) in [5, 5.41) is 11.4. The highest BCUT2D eigenvalue weighted by molar-refractivity contribution is 6.16. The van der Waals surface area contributed by atoms with Gasteiger partial charge in [-0.3, -0.25) is 4.79 Å². The summed E-state index contributed by atoms with van der Waals surface area (Å²) in [7, 11) is 0. The van der Waals surface area contributed by atoms with E-state index in [1.807, 2.05) is 19.1 Å². The van der Waals surface area contributed by atoms with Gasteiger partial charge in [-0.15, -0.1) is 0 Å². The second-order valence-corrected chi connectivity index (χ2v) is 4.81. The fourth-order valence-corrected chi connectivity index (χ4v) is 2.53. The van der Waals surface area contributed by atoms with Crippen LogP contribution in [-0.4, -0.2) is 10.9 Å². The maximum Gasteiger partial charge on any atom is 0.344 e. The molecule has 20 heavy (non-hydrogen) atoms. The number of benzene rings is 2. The van der Waals surface area contributed by atoms with E-state index in [-0.39, 0.29) is 17.1 Å². The molecule has 1 N–H and O–H groups in total. The number of ketones is 1. The molecule has 3 rings (SSSR count). The summed E-state index contributed by atoms with van der Waals surface area (Å²) in [5.41, 5.74) is 0.893. The molecule has 0 aliphatic carbocycles. The maximum absolute atomic E-state index is 12.1. The van der Waals surface area contributed by atoms with Crippen molar-refractivity contribution in [2.45, 2.75) is 13.8 Å². The fourth-order valence-electron chi connectivity index (χ4n) is 2.53. The van der Waals surface area contributed by atoms with Crippen molar-refractivity contribution < 1.29 is 14.3 Å². The number of aryl methyl sites for hydroxylation is 1. The summed E-state index contributed by atoms with van der Waals surface area (Å²) in [6, 6.07) is 8.18. The third-order valence-electron chi connectivity index (χ3n) is 3.42. The first-order valence-corrected chi connectivity index (χ1v) is 6.19. The highest BCUT2D eigenvalue weighted by Gasteiger charge is 2.16. The highest BCUT2D eigenvalue weighted by Crippen LogP contribution is 2.31. The second-order valence-electron chi connectivity index (χ2n) is 4.81. The van der Waals surface area contributed by atoms with Crippen LogP contribution in [0, 0.1) is 6.92 Å². The van der Waals surface area contributed by atoms with Gasteiger partial charge < -0.3 is 9.52 Å². The Morgan fingerprint density at radius 1 is 1.20 bits per heavy atom. The average molecular weight is 268 g/mol. The largest absolute Gasteiger partial charge is 0.508 e. The Labute approximate surface area is 114 Å². The highest BCUT2D eigenvalue weighted by atomic mass is 16.4. The number of carbonyl (C=O) groups excluding carboxylic acids is 1. The normalized spacial score (nSPS) is 11.1. The lowest BCUT2D eigenvalue weighted by Crippen LogP contribution is -2.04. The van der Waals surface area contributed by atoms with Gasteiger partial charge in [0.2, 0.25) is 0 Å². The SMILES string of the molecule is CC(=O)c1cc(O)cc2oc(=O)c3c(C)cccc3c12. The number of aromatic hydroxyl groups is 1. The van der Waals surface area contributed by atoms with Crippen LogP contribution in [0.3, 0.4) is 0 Å². The topological polar surface area (TPSA) is 67.5 Å². The van der Waals surface area contributed by atoms with Crippen LogP contribution in [0.1, 0.15) is 22.8 Å². The van der Waals surface area contributed by atoms with Crippen LogP contribution in [0.4, 0.5) is 0 Å². The molecule has 0 saturated carbocycles. The molecule has 0 radical (unpaired) electrons. The molecular weight excluding hydrogens is 256 g/mol. The van der Waals surface area contributed by atoms with Crippen LogP contribution in [0.5, 0.6) is 5.75 Å². The Hall–Kier alpha value is -2.62. The Balaban J connectivity index is 2.69. The number of hydrogen-bond acceptors (Lipinski definition) is 4. The van der Waals surface area contributed by atoms with Crippen molar-refractivity contribution in [2.24, 2.45) is 0 Å². The van der Waals surface area contributed by atoms with E-state index >= 15 is 0 Å². The van der Waals surface area contributed by atoms with Crippen molar-refractivity contribution in [3.05, 3.63) is 51.9 Å². The number of carbonyl (C=O) groups is 1. The van der Waals surface area contributed by atoms with Crippen LogP contribution in [0.25, 0.3) is 21.7 Å². The Kier molecular flexibility index (Phi) is 2.61. The van der Waals surface area contributed by atoms with Crippen LogP contribution >= 0.6 is 0 Å². The van der Waals surface area contributed by atoms with E-state index in [1.165, 1.54) is 19.1 Å². The van der Waals surface area contributed by atoms with E-state index in [1.54, 1.807) is 6.07 Å². The van der Waals surface area contributed by atoms with Gasteiger partial charge in [0.15, 0.2) is 5.78 Å². The van der Waals surface area contributed by atoms with E-state index in [0.29, 0.717) is 21.7 Å². The van der Waals surface area contributed by atoms with Gasteiger partial charge in [0.05, 0.1) is 5.39 Å². The van der Waals surface area contributed by atoms with Crippen molar-refractivity contribution in [3.63, 3.8) is 0 Å². The Bertz CT molecular complexity index is 919. The summed E-state index contributed by atoms with van der Waals surface area (Å²) in [6.45, 7) is 3.24. The van der Waals surface area contributed by atoms with Crippen LogP contribution in [0.15, 0.2) is 39.5 Å². The molecule has 3 aromatic rings. The molecule has 0 spiro atoms. The Morgan fingerprint density at radius 3 is 2.65 bits per heavy atom.